The van der Waals surface area contributed by atoms with Crippen LogP contribution in [0.4, 0.5) is 0 Å². The smallest absolute Gasteiger partial charge is 0.197 e. The zero-order valence-corrected chi connectivity index (χ0v) is 20.0. The Morgan fingerprint density at radius 3 is 1.97 bits per heavy atom. The van der Waals surface area contributed by atoms with E-state index in [0.717, 1.165) is 38.5 Å². The molecule has 8 rings (SSSR count). The van der Waals surface area contributed by atoms with Crippen LogP contribution in [-0.2, 0) is 0 Å². The standard InChI is InChI=1S/C33H20N2O2/c1-19-8-6-9-20(18-19)34-25-14-4-2-10-21(25)29-27(34)16-17-28-30(29)33(37)24-13-7-12-23-31(24)35(28)26-15-5-3-11-22(26)32(23)36/h2-18H,1H3. The van der Waals surface area contributed by atoms with E-state index >= 15 is 0 Å². The Morgan fingerprint density at radius 2 is 1.16 bits per heavy atom. The van der Waals surface area contributed by atoms with Crippen LogP contribution < -0.4 is 10.9 Å². The molecule has 37 heavy (non-hydrogen) atoms. The summed E-state index contributed by atoms with van der Waals surface area (Å²) in [5, 5.41) is 4.42. The van der Waals surface area contributed by atoms with E-state index in [1.54, 1.807) is 0 Å². The third kappa shape index (κ3) is 2.51. The second kappa shape index (κ2) is 7.05. The Kier molecular flexibility index (Phi) is 3.86. The van der Waals surface area contributed by atoms with Gasteiger partial charge in [-0.25, -0.2) is 0 Å². The Balaban J connectivity index is 1.72. The van der Waals surface area contributed by atoms with E-state index in [0.29, 0.717) is 27.1 Å². The van der Waals surface area contributed by atoms with Gasteiger partial charge in [-0.3, -0.25) is 9.59 Å². The van der Waals surface area contributed by atoms with Gasteiger partial charge in [0.1, 0.15) is 0 Å². The van der Waals surface area contributed by atoms with Crippen molar-refractivity contribution in [1.29, 1.82) is 0 Å². The summed E-state index contributed by atoms with van der Waals surface area (Å²) in [5.74, 6) is 0. The van der Waals surface area contributed by atoms with E-state index in [9.17, 15) is 9.59 Å². The molecule has 0 aliphatic rings. The molecule has 0 spiro atoms. The van der Waals surface area contributed by atoms with Crippen molar-refractivity contribution in [3.05, 3.63) is 129 Å². The third-order valence-corrected chi connectivity index (χ3v) is 7.68. The Hall–Kier alpha value is -4.96. The normalized spacial score (nSPS) is 12.1. The molecule has 3 aromatic heterocycles. The minimum Gasteiger partial charge on any atom is -0.309 e. The molecule has 5 aromatic carbocycles. The summed E-state index contributed by atoms with van der Waals surface area (Å²) < 4.78 is 4.35. The molecule has 0 atom stereocenters. The highest BCUT2D eigenvalue weighted by atomic mass is 16.1. The number of hydrogen-bond acceptors (Lipinski definition) is 2. The number of hydrogen-bond donors (Lipinski definition) is 0. The molecule has 4 heteroatoms. The number of para-hydroxylation sites is 3. The summed E-state index contributed by atoms with van der Waals surface area (Å²) in [6, 6.07) is 34.0. The number of fused-ring (bicyclic) bond motifs is 8. The number of pyridine rings is 2. The van der Waals surface area contributed by atoms with E-state index < -0.39 is 0 Å². The summed E-state index contributed by atoms with van der Waals surface area (Å²) in [6.07, 6.45) is 0. The first-order valence-electron chi connectivity index (χ1n) is 12.4. The molecular formula is C33H20N2O2. The van der Waals surface area contributed by atoms with Gasteiger partial charge in [0.05, 0.1) is 33.0 Å². The zero-order chi connectivity index (χ0) is 24.8. The van der Waals surface area contributed by atoms with Crippen LogP contribution in [0.2, 0.25) is 0 Å². The molecule has 4 nitrogen and oxygen atoms in total. The van der Waals surface area contributed by atoms with Gasteiger partial charge in [-0.05, 0) is 67.1 Å². The van der Waals surface area contributed by atoms with E-state index in [2.05, 4.69) is 58.4 Å². The van der Waals surface area contributed by atoms with Gasteiger partial charge in [-0.15, -0.1) is 0 Å². The molecule has 0 aliphatic heterocycles. The number of aryl methyl sites for hydroxylation is 1. The largest absolute Gasteiger partial charge is 0.309 e. The minimum absolute atomic E-state index is 0.0444. The molecule has 0 bridgehead atoms. The van der Waals surface area contributed by atoms with Crippen LogP contribution in [0.3, 0.4) is 0 Å². The van der Waals surface area contributed by atoms with Crippen molar-refractivity contribution in [3.8, 4) is 5.69 Å². The van der Waals surface area contributed by atoms with E-state index in [1.165, 1.54) is 5.56 Å². The lowest BCUT2D eigenvalue weighted by atomic mass is 10.0. The molecule has 174 valence electrons. The molecule has 0 fully saturated rings. The van der Waals surface area contributed by atoms with Crippen LogP contribution in [0, 0.1) is 6.92 Å². The summed E-state index contributed by atoms with van der Waals surface area (Å²) in [5.41, 5.74) is 6.49. The van der Waals surface area contributed by atoms with Gasteiger partial charge in [0.2, 0.25) is 0 Å². The SMILES string of the molecule is Cc1cccc(-n2c3ccccc3c3c4c(=O)c5cccc6c(=O)c7ccccc7n(c4ccc32)c65)c1. The topological polar surface area (TPSA) is 43.5 Å². The average Bonchev–Trinajstić information content (AvgIpc) is 3.27. The Bertz CT molecular complexity index is 2360. The van der Waals surface area contributed by atoms with Crippen LogP contribution in [0.15, 0.2) is 113 Å². The molecule has 0 saturated carbocycles. The molecule has 0 N–H and O–H groups in total. The highest BCUT2D eigenvalue weighted by Gasteiger charge is 2.21. The summed E-state index contributed by atoms with van der Waals surface area (Å²) in [4.78, 5) is 27.7. The van der Waals surface area contributed by atoms with Crippen LogP contribution in [0.5, 0.6) is 0 Å². The van der Waals surface area contributed by atoms with Crippen molar-refractivity contribution >= 4 is 59.9 Å². The lowest BCUT2D eigenvalue weighted by Crippen LogP contribution is -2.14. The van der Waals surface area contributed by atoms with Crippen molar-refractivity contribution in [2.24, 2.45) is 0 Å². The predicted molar refractivity (Wildman–Crippen MR) is 153 cm³/mol. The molecular weight excluding hydrogens is 456 g/mol. The van der Waals surface area contributed by atoms with E-state index in [1.807, 2.05) is 60.7 Å². The average molecular weight is 477 g/mol. The maximum atomic E-state index is 14.3. The summed E-state index contributed by atoms with van der Waals surface area (Å²) >= 11 is 0. The van der Waals surface area contributed by atoms with E-state index in [4.69, 9.17) is 0 Å². The number of aromatic nitrogens is 2. The Morgan fingerprint density at radius 1 is 0.514 bits per heavy atom. The molecule has 0 saturated heterocycles. The molecule has 3 heterocycles. The highest BCUT2D eigenvalue weighted by molar-refractivity contribution is 6.23. The Labute approximate surface area is 210 Å². The van der Waals surface area contributed by atoms with Crippen LogP contribution in [0.1, 0.15) is 5.56 Å². The second-order valence-electron chi connectivity index (χ2n) is 9.76. The van der Waals surface area contributed by atoms with Gasteiger partial charge >= 0.3 is 0 Å². The summed E-state index contributed by atoms with van der Waals surface area (Å²) in [7, 11) is 0. The number of nitrogens with zero attached hydrogens (tertiary/aromatic N) is 2. The van der Waals surface area contributed by atoms with Crippen molar-refractivity contribution < 1.29 is 0 Å². The monoisotopic (exact) mass is 476 g/mol. The van der Waals surface area contributed by atoms with Gasteiger partial charge in [0.15, 0.2) is 10.9 Å². The number of rotatable bonds is 1. The van der Waals surface area contributed by atoms with Crippen molar-refractivity contribution in [2.75, 3.05) is 0 Å². The fraction of sp³-hybridized carbons (Fsp3) is 0.0303. The first kappa shape index (κ1) is 20.3. The van der Waals surface area contributed by atoms with Crippen molar-refractivity contribution in [2.45, 2.75) is 6.92 Å². The summed E-state index contributed by atoms with van der Waals surface area (Å²) in [6.45, 7) is 2.09. The van der Waals surface area contributed by atoms with Crippen LogP contribution in [0.25, 0.3) is 65.6 Å². The number of benzene rings is 5. The van der Waals surface area contributed by atoms with Gasteiger partial charge in [-0.2, -0.15) is 0 Å². The molecule has 0 amide bonds. The predicted octanol–water partition coefficient (Wildman–Crippen LogP) is 6.96. The fourth-order valence-electron chi connectivity index (χ4n) is 6.17. The lowest BCUT2D eigenvalue weighted by molar-refractivity contribution is 1.17. The van der Waals surface area contributed by atoms with Crippen molar-refractivity contribution in [1.82, 2.24) is 8.97 Å². The maximum Gasteiger partial charge on any atom is 0.197 e. The van der Waals surface area contributed by atoms with E-state index in [-0.39, 0.29) is 10.9 Å². The first-order chi connectivity index (χ1) is 18.1. The quantitative estimate of drug-likeness (QED) is 0.190. The van der Waals surface area contributed by atoms with Crippen LogP contribution >= 0.6 is 0 Å². The van der Waals surface area contributed by atoms with Gasteiger partial charge < -0.3 is 8.97 Å². The zero-order valence-electron chi connectivity index (χ0n) is 20.0. The molecule has 8 aromatic rings. The molecule has 0 radical (unpaired) electrons. The fourth-order valence-corrected chi connectivity index (χ4v) is 6.17. The minimum atomic E-state index is -0.0481. The second-order valence-corrected chi connectivity index (χ2v) is 9.76. The first-order valence-corrected chi connectivity index (χ1v) is 12.4. The van der Waals surface area contributed by atoms with Crippen LogP contribution in [-0.4, -0.2) is 8.97 Å². The highest BCUT2D eigenvalue weighted by Crippen LogP contribution is 2.37. The molecule has 0 aliphatic carbocycles. The molecule has 0 unspecified atom stereocenters. The van der Waals surface area contributed by atoms with Gasteiger partial charge in [0, 0.05) is 32.6 Å². The third-order valence-electron chi connectivity index (χ3n) is 7.68. The van der Waals surface area contributed by atoms with Crippen molar-refractivity contribution in [3.63, 3.8) is 0 Å². The van der Waals surface area contributed by atoms with Gasteiger partial charge in [-0.1, -0.05) is 48.5 Å². The lowest BCUT2D eigenvalue weighted by Gasteiger charge is -2.15. The maximum absolute atomic E-state index is 14.3. The van der Waals surface area contributed by atoms with Gasteiger partial charge in [0.25, 0.3) is 0 Å².